The summed E-state index contributed by atoms with van der Waals surface area (Å²) in [5.41, 5.74) is 8.56. The largest absolute Gasteiger partial charge is 0.383 e. The fourth-order valence-electron chi connectivity index (χ4n) is 2.50. The number of nitrogens with two attached hydrogens (primary N) is 1. The Morgan fingerprint density at radius 2 is 2.20 bits per heavy atom. The monoisotopic (exact) mass is 296 g/mol. The van der Waals surface area contributed by atoms with Crippen LogP contribution in [0, 0.1) is 0 Å². The Hall–Kier alpha value is -0.770. The van der Waals surface area contributed by atoms with Gasteiger partial charge in [-0.25, -0.2) is 0 Å². The number of methoxy groups -OCH3 is 1. The molecule has 2 N–H and O–H groups in total. The van der Waals surface area contributed by atoms with Crippen molar-refractivity contribution in [1.29, 1.82) is 0 Å². The lowest BCUT2D eigenvalue weighted by Gasteiger charge is -2.28. The molecule has 4 heteroatoms. The maximum atomic E-state index is 6.42. The van der Waals surface area contributed by atoms with Crippen LogP contribution in [0.3, 0.4) is 0 Å². The number of nitrogens with zero attached hydrogens (tertiary/aromatic N) is 1. The van der Waals surface area contributed by atoms with Crippen LogP contribution in [0.1, 0.15) is 31.7 Å². The molecule has 1 aromatic carbocycles. The molecule has 2 rings (SSSR count). The first kappa shape index (κ1) is 15.6. The maximum absolute atomic E-state index is 6.42. The predicted molar refractivity (Wildman–Crippen MR) is 85.7 cm³/mol. The second-order valence-corrected chi connectivity index (χ2v) is 5.93. The number of rotatable bonds is 8. The summed E-state index contributed by atoms with van der Waals surface area (Å²) in [4.78, 5) is 2.44. The Labute approximate surface area is 127 Å². The Kier molecular flexibility index (Phi) is 5.70. The lowest BCUT2D eigenvalue weighted by Crippen LogP contribution is -2.31. The van der Waals surface area contributed by atoms with Crippen LogP contribution in [0.2, 0.25) is 5.02 Å². The van der Waals surface area contributed by atoms with E-state index < -0.39 is 0 Å². The van der Waals surface area contributed by atoms with Crippen LogP contribution >= 0.6 is 11.6 Å². The van der Waals surface area contributed by atoms with Gasteiger partial charge < -0.3 is 15.4 Å². The summed E-state index contributed by atoms with van der Waals surface area (Å²) < 4.78 is 5.24. The molecule has 1 fully saturated rings. The van der Waals surface area contributed by atoms with Gasteiger partial charge in [0.25, 0.3) is 0 Å². The van der Waals surface area contributed by atoms with Crippen LogP contribution < -0.4 is 10.6 Å². The SMILES string of the molecule is CCC(N)Cc1c(Cl)cccc1N(CCOC)C1CC1. The molecular formula is C16H25ClN2O. The highest BCUT2D eigenvalue weighted by atomic mass is 35.5. The van der Waals surface area contributed by atoms with Crippen LogP contribution in [0.15, 0.2) is 18.2 Å². The van der Waals surface area contributed by atoms with Crippen LogP contribution in [0.5, 0.6) is 0 Å². The minimum absolute atomic E-state index is 0.164. The van der Waals surface area contributed by atoms with Crippen LogP contribution in [0.4, 0.5) is 5.69 Å². The van der Waals surface area contributed by atoms with Gasteiger partial charge in [-0.1, -0.05) is 24.6 Å². The van der Waals surface area contributed by atoms with E-state index in [2.05, 4.69) is 17.9 Å². The first-order chi connectivity index (χ1) is 9.67. The standard InChI is InChI=1S/C16H25ClN2O/c1-3-12(18)11-14-15(17)5-4-6-16(14)19(9-10-20-2)13-7-8-13/h4-6,12-13H,3,7-11,18H2,1-2H3. The third-order valence-electron chi connectivity index (χ3n) is 3.92. The van der Waals surface area contributed by atoms with Crippen LogP contribution in [-0.4, -0.2) is 32.3 Å². The molecule has 1 aliphatic carbocycles. The fourth-order valence-corrected chi connectivity index (χ4v) is 2.75. The molecule has 0 spiro atoms. The average molecular weight is 297 g/mol. The van der Waals surface area contributed by atoms with Crippen molar-refractivity contribution >= 4 is 17.3 Å². The minimum atomic E-state index is 0.164. The molecule has 0 heterocycles. The van der Waals surface area contributed by atoms with Gasteiger partial charge in [0.05, 0.1) is 6.61 Å². The topological polar surface area (TPSA) is 38.5 Å². The van der Waals surface area contributed by atoms with E-state index in [-0.39, 0.29) is 6.04 Å². The smallest absolute Gasteiger partial charge is 0.0637 e. The zero-order chi connectivity index (χ0) is 14.5. The molecule has 0 bridgehead atoms. The summed E-state index contributed by atoms with van der Waals surface area (Å²) in [6.45, 7) is 3.77. The first-order valence-electron chi connectivity index (χ1n) is 7.45. The molecule has 3 nitrogen and oxygen atoms in total. The highest BCUT2D eigenvalue weighted by molar-refractivity contribution is 6.31. The summed E-state index contributed by atoms with van der Waals surface area (Å²) in [5.74, 6) is 0. The van der Waals surface area contributed by atoms with E-state index in [0.29, 0.717) is 6.04 Å². The number of anilines is 1. The molecule has 1 atom stereocenters. The van der Waals surface area contributed by atoms with Crippen molar-refractivity contribution in [3.63, 3.8) is 0 Å². The van der Waals surface area contributed by atoms with Crippen molar-refractivity contribution in [2.24, 2.45) is 5.73 Å². The van der Waals surface area contributed by atoms with Gasteiger partial charge >= 0.3 is 0 Å². The Bertz CT molecular complexity index is 434. The lowest BCUT2D eigenvalue weighted by atomic mass is 10.0. The van der Waals surface area contributed by atoms with Crippen molar-refractivity contribution < 1.29 is 4.74 Å². The summed E-state index contributed by atoms with van der Waals surface area (Å²) in [6.07, 6.45) is 4.32. The van der Waals surface area contributed by atoms with E-state index in [1.807, 2.05) is 12.1 Å². The molecule has 0 aromatic heterocycles. The highest BCUT2D eigenvalue weighted by Gasteiger charge is 2.30. The number of halogens is 1. The fraction of sp³-hybridized carbons (Fsp3) is 0.625. The predicted octanol–water partition coefficient (Wildman–Crippen LogP) is 3.24. The van der Waals surface area contributed by atoms with Gasteiger partial charge in [-0.05, 0) is 43.4 Å². The molecule has 0 radical (unpaired) electrons. The minimum Gasteiger partial charge on any atom is -0.383 e. The summed E-state index contributed by atoms with van der Waals surface area (Å²) in [5, 5.41) is 0.828. The number of ether oxygens (including phenoxy) is 1. The highest BCUT2D eigenvalue weighted by Crippen LogP contribution is 2.36. The van der Waals surface area contributed by atoms with E-state index in [1.165, 1.54) is 24.1 Å². The third kappa shape index (κ3) is 3.87. The van der Waals surface area contributed by atoms with E-state index in [9.17, 15) is 0 Å². The number of hydrogen-bond acceptors (Lipinski definition) is 3. The normalized spacial score (nSPS) is 16.2. The summed E-state index contributed by atoms with van der Waals surface area (Å²) in [7, 11) is 1.75. The van der Waals surface area contributed by atoms with E-state index in [1.54, 1.807) is 7.11 Å². The Balaban J connectivity index is 2.25. The molecule has 0 aliphatic heterocycles. The molecule has 1 unspecified atom stereocenters. The van der Waals surface area contributed by atoms with Gasteiger partial charge in [-0.15, -0.1) is 0 Å². The molecule has 1 saturated carbocycles. The summed E-state index contributed by atoms with van der Waals surface area (Å²) in [6, 6.07) is 6.96. The quantitative estimate of drug-likeness (QED) is 0.800. The molecule has 1 aliphatic rings. The second-order valence-electron chi connectivity index (χ2n) is 5.53. The van der Waals surface area contributed by atoms with Gasteiger partial charge in [0, 0.05) is 36.4 Å². The Morgan fingerprint density at radius 3 is 2.80 bits per heavy atom. The zero-order valence-electron chi connectivity index (χ0n) is 12.4. The number of hydrogen-bond donors (Lipinski definition) is 1. The van der Waals surface area contributed by atoms with Gasteiger partial charge in [-0.2, -0.15) is 0 Å². The lowest BCUT2D eigenvalue weighted by molar-refractivity contribution is 0.205. The maximum Gasteiger partial charge on any atom is 0.0637 e. The molecule has 0 amide bonds. The van der Waals surface area contributed by atoms with Gasteiger partial charge in [0.1, 0.15) is 0 Å². The average Bonchev–Trinajstić information content (AvgIpc) is 3.27. The van der Waals surface area contributed by atoms with Gasteiger partial charge in [0.15, 0.2) is 0 Å². The Morgan fingerprint density at radius 1 is 1.45 bits per heavy atom. The van der Waals surface area contributed by atoms with Crippen molar-refractivity contribution in [3.05, 3.63) is 28.8 Å². The molecule has 112 valence electrons. The van der Waals surface area contributed by atoms with Gasteiger partial charge in [-0.3, -0.25) is 0 Å². The zero-order valence-corrected chi connectivity index (χ0v) is 13.2. The van der Waals surface area contributed by atoms with E-state index in [4.69, 9.17) is 22.1 Å². The molecule has 0 saturated heterocycles. The van der Waals surface area contributed by atoms with Crippen LogP contribution in [0.25, 0.3) is 0 Å². The molecule has 20 heavy (non-hydrogen) atoms. The van der Waals surface area contributed by atoms with Gasteiger partial charge in [0.2, 0.25) is 0 Å². The van der Waals surface area contributed by atoms with Crippen molar-refractivity contribution in [2.75, 3.05) is 25.2 Å². The molecular weight excluding hydrogens is 272 g/mol. The van der Waals surface area contributed by atoms with Crippen LogP contribution in [-0.2, 0) is 11.2 Å². The molecule has 1 aromatic rings. The first-order valence-corrected chi connectivity index (χ1v) is 7.83. The third-order valence-corrected chi connectivity index (χ3v) is 4.27. The van der Waals surface area contributed by atoms with Crippen molar-refractivity contribution in [1.82, 2.24) is 0 Å². The van der Waals surface area contributed by atoms with Crippen molar-refractivity contribution in [2.45, 2.75) is 44.7 Å². The van der Waals surface area contributed by atoms with E-state index >= 15 is 0 Å². The number of benzene rings is 1. The van der Waals surface area contributed by atoms with Crippen molar-refractivity contribution in [3.8, 4) is 0 Å². The summed E-state index contributed by atoms with van der Waals surface area (Å²) >= 11 is 6.42. The second kappa shape index (κ2) is 7.30. The van der Waals surface area contributed by atoms with E-state index in [0.717, 1.165) is 31.0 Å².